The Bertz CT molecular complexity index is 1500. The van der Waals surface area contributed by atoms with Crippen LogP contribution in [0.25, 0.3) is 0 Å². The number of rotatable bonds is 3. The van der Waals surface area contributed by atoms with Crippen molar-refractivity contribution in [1.29, 1.82) is 0 Å². The highest BCUT2D eigenvalue weighted by Crippen LogP contribution is 2.57. The Morgan fingerprint density at radius 2 is 1.75 bits per heavy atom. The fourth-order valence-electron chi connectivity index (χ4n) is 5.59. The molecule has 0 fully saturated rings. The van der Waals surface area contributed by atoms with Crippen molar-refractivity contribution < 1.29 is 9.53 Å². The molecule has 6 rings (SSSR count). The number of hydrogen-bond acceptors (Lipinski definition) is 4. The lowest BCUT2D eigenvalue weighted by atomic mass is 9.70. The third-order valence-corrected chi connectivity index (χ3v) is 7.88. The summed E-state index contributed by atoms with van der Waals surface area (Å²) in [6.45, 7) is -0.0209. The summed E-state index contributed by atoms with van der Waals surface area (Å²) in [4.78, 5) is 21.2. The second-order valence-corrected chi connectivity index (χ2v) is 10.2. The van der Waals surface area contributed by atoms with Crippen molar-refractivity contribution in [2.45, 2.75) is 11.6 Å². The molecule has 2 aliphatic rings. The topological polar surface area (TPSA) is 50.6 Å². The molecule has 4 aromatic rings. The van der Waals surface area contributed by atoms with E-state index in [0.29, 0.717) is 10.0 Å². The Balaban J connectivity index is 1.63. The normalized spacial score (nSPS) is 21.0. The zero-order valence-electron chi connectivity index (χ0n) is 20.1. The fourth-order valence-corrected chi connectivity index (χ4v) is 5.92. The largest absolute Gasteiger partial charge is 0.359 e. The molecule has 6 nitrogen and oxygen atoms in total. The average molecular weight is 519 g/mol. The number of benzene rings is 3. The number of amides is 1. The van der Waals surface area contributed by atoms with Crippen LogP contribution in [0.1, 0.15) is 34.1 Å². The van der Waals surface area contributed by atoms with Gasteiger partial charge in [-0.3, -0.25) is 4.79 Å². The number of ether oxygens (including phenoxy) is 1. The molecule has 1 aromatic heterocycles. The van der Waals surface area contributed by atoms with Crippen molar-refractivity contribution in [2.75, 3.05) is 30.5 Å². The van der Waals surface area contributed by atoms with Gasteiger partial charge in [-0.25, -0.2) is 4.98 Å². The van der Waals surface area contributed by atoms with Gasteiger partial charge >= 0.3 is 0 Å². The number of aromatic nitrogens is 2. The number of imidazole rings is 1. The second-order valence-electron chi connectivity index (χ2n) is 9.29. The molecule has 0 N–H and O–H groups in total. The third kappa shape index (κ3) is 3.22. The van der Waals surface area contributed by atoms with Gasteiger partial charge in [-0.05, 0) is 47.5 Å². The summed E-state index contributed by atoms with van der Waals surface area (Å²) in [6.07, 6.45) is 3.27. The minimum atomic E-state index is -0.589. The number of nitrogens with zero attached hydrogens (tertiary/aromatic N) is 4. The summed E-state index contributed by atoms with van der Waals surface area (Å²) in [6, 6.07) is 19.8. The van der Waals surface area contributed by atoms with Gasteiger partial charge in [-0.15, -0.1) is 0 Å². The molecule has 182 valence electrons. The van der Waals surface area contributed by atoms with Crippen LogP contribution in [0.15, 0.2) is 73.2 Å². The van der Waals surface area contributed by atoms with Crippen molar-refractivity contribution in [3.8, 4) is 0 Å². The molecule has 0 spiro atoms. The van der Waals surface area contributed by atoms with Gasteiger partial charge in [0.1, 0.15) is 18.2 Å². The number of aryl methyl sites for hydroxylation is 1. The summed E-state index contributed by atoms with van der Waals surface area (Å²) in [5.41, 5.74) is 6.29. The van der Waals surface area contributed by atoms with Crippen molar-refractivity contribution in [1.82, 2.24) is 9.55 Å². The van der Waals surface area contributed by atoms with E-state index >= 15 is 0 Å². The summed E-state index contributed by atoms with van der Waals surface area (Å²) >= 11 is 12.6. The Morgan fingerprint density at radius 3 is 2.44 bits per heavy atom. The van der Waals surface area contributed by atoms with E-state index in [-0.39, 0.29) is 12.5 Å². The van der Waals surface area contributed by atoms with E-state index in [1.54, 1.807) is 11.9 Å². The van der Waals surface area contributed by atoms with Crippen LogP contribution in [-0.4, -0.2) is 36.2 Å². The van der Waals surface area contributed by atoms with E-state index in [9.17, 15) is 4.79 Å². The minimum absolute atomic E-state index is 0.0209. The fraction of sp³-hybridized carbons (Fsp3) is 0.214. The summed E-state index contributed by atoms with van der Waals surface area (Å²) in [5.74, 6) is -0.0988. The number of halogens is 2. The van der Waals surface area contributed by atoms with Gasteiger partial charge in [-0.2, -0.15) is 0 Å². The predicted molar refractivity (Wildman–Crippen MR) is 142 cm³/mol. The van der Waals surface area contributed by atoms with Crippen LogP contribution < -0.4 is 9.80 Å². The molecule has 0 saturated heterocycles. The summed E-state index contributed by atoms with van der Waals surface area (Å²) in [5, 5.41) is 1.30. The number of hydrogen-bond donors (Lipinski definition) is 0. The van der Waals surface area contributed by atoms with E-state index < -0.39 is 11.6 Å². The quantitative estimate of drug-likeness (QED) is 0.356. The van der Waals surface area contributed by atoms with E-state index in [1.807, 2.05) is 60.5 Å². The number of anilines is 2. The van der Waals surface area contributed by atoms with Gasteiger partial charge in [-0.1, -0.05) is 47.5 Å². The summed E-state index contributed by atoms with van der Waals surface area (Å²) < 4.78 is 8.25. The molecule has 8 heteroatoms. The molecular weight excluding hydrogens is 495 g/mol. The van der Waals surface area contributed by atoms with Crippen LogP contribution in [0.2, 0.25) is 10.0 Å². The van der Waals surface area contributed by atoms with Crippen LogP contribution in [-0.2, 0) is 22.1 Å². The van der Waals surface area contributed by atoms with Crippen molar-refractivity contribution >= 4 is 40.5 Å². The smallest absolute Gasteiger partial charge is 0.252 e. The van der Waals surface area contributed by atoms with E-state index in [2.05, 4.69) is 41.2 Å². The minimum Gasteiger partial charge on any atom is -0.359 e. The van der Waals surface area contributed by atoms with Gasteiger partial charge in [0.25, 0.3) is 5.91 Å². The highest BCUT2D eigenvalue weighted by atomic mass is 35.5. The standard InChI is InChI=1S/C28H24Cl2N4O2/c1-32-16-31-14-25(32)28(18-7-9-19(29)10-8-18)22-12-21-23(13-24(22)34(28)3)33(2)26(35)15-36-27(21)17-5-4-6-20(30)11-17/h4-14,16,27H,15H2,1-3H3. The van der Waals surface area contributed by atoms with Crippen LogP contribution in [0, 0.1) is 0 Å². The summed E-state index contributed by atoms with van der Waals surface area (Å²) in [7, 11) is 5.86. The van der Waals surface area contributed by atoms with E-state index in [4.69, 9.17) is 27.9 Å². The van der Waals surface area contributed by atoms with Gasteiger partial charge in [0.15, 0.2) is 0 Å². The van der Waals surface area contributed by atoms with Gasteiger partial charge in [0.2, 0.25) is 0 Å². The van der Waals surface area contributed by atoms with Crippen molar-refractivity contribution in [2.24, 2.45) is 7.05 Å². The molecule has 1 amide bonds. The first-order valence-electron chi connectivity index (χ1n) is 11.6. The lowest BCUT2D eigenvalue weighted by Crippen LogP contribution is -2.55. The number of likely N-dealkylation sites (N-methyl/N-ethyl adjacent to an activating group) is 1. The maximum absolute atomic E-state index is 12.9. The monoisotopic (exact) mass is 518 g/mol. The zero-order chi connectivity index (χ0) is 25.2. The molecular formula is C28H24Cl2N4O2. The first-order chi connectivity index (χ1) is 17.3. The molecule has 3 heterocycles. The van der Waals surface area contributed by atoms with Crippen LogP contribution in [0.5, 0.6) is 0 Å². The van der Waals surface area contributed by atoms with Crippen LogP contribution in [0.4, 0.5) is 11.4 Å². The highest BCUT2D eigenvalue weighted by Gasteiger charge is 2.53. The van der Waals surface area contributed by atoms with Crippen LogP contribution in [0.3, 0.4) is 0 Å². The average Bonchev–Trinajstić information content (AvgIpc) is 3.25. The van der Waals surface area contributed by atoms with Gasteiger partial charge < -0.3 is 19.1 Å². The molecule has 2 atom stereocenters. The second kappa shape index (κ2) is 8.37. The number of carbonyl (C=O) groups excluding carboxylic acids is 1. The molecule has 0 saturated carbocycles. The Morgan fingerprint density at radius 1 is 0.972 bits per heavy atom. The molecule has 0 bridgehead atoms. The SMILES string of the molecule is CN1C(=O)COC(c2cccc(Cl)c2)c2cc3c(cc21)N(C)C3(c1ccc(Cl)cc1)c1cncn1C. The molecule has 2 unspecified atom stereocenters. The van der Waals surface area contributed by atoms with Crippen molar-refractivity contribution in [3.05, 3.63) is 111 Å². The Hall–Kier alpha value is -3.32. The first-order valence-corrected chi connectivity index (χ1v) is 12.4. The number of carbonyl (C=O) groups is 1. The molecule has 2 aliphatic heterocycles. The maximum Gasteiger partial charge on any atom is 0.252 e. The molecule has 3 aromatic carbocycles. The van der Waals surface area contributed by atoms with E-state index in [1.165, 1.54) is 0 Å². The first kappa shape index (κ1) is 23.1. The lowest BCUT2D eigenvalue weighted by Gasteiger charge is -2.54. The van der Waals surface area contributed by atoms with Gasteiger partial charge in [0, 0.05) is 48.0 Å². The molecule has 36 heavy (non-hydrogen) atoms. The van der Waals surface area contributed by atoms with Crippen molar-refractivity contribution in [3.63, 3.8) is 0 Å². The maximum atomic E-state index is 12.9. The predicted octanol–water partition coefficient (Wildman–Crippen LogP) is 5.55. The van der Waals surface area contributed by atoms with Gasteiger partial charge in [0.05, 0.1) is 23.9 Å². The van der Waals surface area contributed by atoms with Crippen LogP contribution >= 0.6 is 23.2 Å². The highest BCUT2D eigenvalue weighted by molar-refractivity contribution is 6.30. The molecule has 0 aliphatic carbocycles. The Kier molecular flexibility index (Phi) is 5.37. The number of fused-ring (bicyclic) bond motifs is 2. The lowest BCUT2D eigenvalue weighted by molar-refractivity contribution is -0.123. The Labute approximate surface area is 219 Å². The zero-order valence-corrected chi connectivity index (χ0v) is 21.6. The molecule has 0 radical (unpaired) electrons. The third-order valence-electron chi connectivity index (χ3n) is 7.39. The van der Waals surface area contributed by atoms with E-state index in [0.717, 1.165) is 39.3 Å².